The second-order valence-corrected chi connectivity index (χ2v) is 9.78. The molecule has 0 radical (unpaired) electrons. The van der Waals surface area contributed by atoms with E-state index in [-0.39, 0.29) is 13.2 Å². The van der Waals surface area contributed by atoms with E-state index in [1.165, 1.54) is 128 Å². The van der Waals surface area contributed by atoms with Crippen LogP contribution in [0.1, 0.15) is 155 Å². The first-order valence-electron chi connectivity index (χ1n) is 14.1. The smallest absolute Gasteiger partial charge is 0.329 e. The summed E-state index contributed by atoms with van der Waals surface area (Å²) in [5.74, 6) is -0.985. The third-order valence-corrected chi connectivity index (χ3v) is 6.43. The van der Waals surface area contributed by atoms with Crippen molar-refractivity contribution in [2.24, 2.45) is 0 Å². The minimum absolute atomic E-state index is 0.131. The van der Waals surface area contributed by atoms with Gasteiger partial charge in [0.2, 0.25) is 0 Å². The standard InChI is InChI=1S/C28H56O4/c1-2-3-4-5-6-7-8-9-10-11-12-13-14-15-16-17-18-19-20-21-22-23-24-27(29)25-32-26-28(30)31/h27,29H,2-26H2,1H3,(H,30,31). The Morgan fingerprint density at radius 3 is 1.22 bits per heavy atom. The number of carbonyl (C=O) groups is 1. The molecule has 0 aliphatic heterocycles. The lowest BCUT2D eigenvalue weighted by Gasteiger charge is -2.10. The lowest BCUT2D eigenvalue weighted by molar-refractivity contribution is -0.143. The average molecular weight is 457 g/mol. The average Bonchev–Trinajstić information content (AvgIpc) is 2.77. The number of hydrogen-bond acceptors (Lipinski definition) is 3. The maximum absolute atomic E-state index is 10.3. The van der Waals surface area contributed by atoms with Crippen molar-refractivity contribution in [3.05, 3.63) is 0 Å². The fraction of sp³-hybridized carbons (Fsp3) is 0.964. The predicted molar refractivity (Wildman–Crippen MR) is 136 cm³/mol. The number of aliphatic carboxylic acids is 1. The summed E-state index contributed by atoms with van der Waals surface area (Å²) in [6.45, 7) is 2.09. The number of hydrogen-bond donors (Lipinski definition) is 2. The molecule has 0 rings (SSSR count). The molecule has 0 aliphatic rings. The number of aliphatic hydroxyl groups is 1. The number of unbranched alkanes of at least 4 members (excludes halogenated alkanes) is 21. The summed E-state index contributed by atoms with van der Waals surface area (Å²) in [6, 6.07) is 0. The van der Waals surface area contributed by atoms with E-state index in [4.69, 9.17) is 9.84 Å². The van der Waals surface area contributed by atoms with Crippen molar-refractivity contribution in [3.63, 3.8) is 0 Å². The molecule has 0 spiro atoms. The zero-order chi connectivity index (χ0) is 23.5. The molecule has 0 saturated carbocycles. The van der Waals surface area contributed by atoms with Gasteiger partial charge in [0.1, 0.15) is 6.61 Å². The Labute approximate surface area is 199 Å². The highest BCUT2D eigenvalue weighted by Crippen LogP contribution is 2.15. The van der Waals surface area contributed by atoms with Crippen LogP contribution in [0.15, 0.2) is 0 Å². The molecule has 0 heterocycles. The lowest BCUT2D eigenvalue weighted by atomic mass is 10.0. The van der Waals surface area contributed by atoms with Gasteiger partial charge in [-0.1, -0.05) is 148 Å². The SMILES string of the molecule is CCCCCCCCCCCCCCCCCCCCCCCCC(O)COCC(=O)O. The third-order valence-electron chi connectivity index (χ3n) is 6.43. The van der Waals surface area contributed by atoms with Gasteiger partial charge >= 0.3 is 5.97 Å². The first-order valence-corrected chi connectivity index (χ1v) is 14.1. The van der Waals surface area contributed by atoms with Crippen molar-refractivity contribution < 1.29 is 19.7 Å². The number of ether oxygens (including phenoxy) is 1. The fourth-order valence-corrected chi connectivity index (χ4v) is 4.35. The van der Waals surface area contributed by atoms with Crippen molar-refractivity contribution >= 4 is 5.97 Å². The highest BCUT2D eigenvalue weighted by molar-refractivity contribution is 5.67. The maximum atomic E-state index is 10.3. The van der Waals surface area contributed by atoms with Crippen molar-refractivity contribution in [2.45, 2.75) is 161 Å². The van der Waals surface area contributed by atoms with Crippen molar-refractivity contribution in [3.8, 4) is 0 Å². The molecule has 0 saturated heterocycles. The molecule has 0 aromatic carbocycles. The van der Waals surface area contributed by atoms with Crippen LogP contribution in [0, 0.1) is 0 Å². The van der Waals surface area contributed by atoms with Crippen molar-refractivity contribution in [1.82, 2.24) is 0 Å². The molecule has 0 fully saturated rings. The largest absolute Gasteiger partial charge is 0.480 e. The molecule has 32 heavy (non-hydrogen) atoms. The van der Waals surface area contributed by atoms with Crippen LogP contribution < -0.4 is 0 Å². The van der Waals surface area contributed by atoms with Crippen LogP contribution in [0.25, 0.3) is 0 Å². The zero-order valence-corrected chi connectivity index (χ0v) is 21.5. The number of carboxylic acid groups (broad SMARTS) is 1. The molecule has 4 nitrogen and oxygen atoms in total. The van der Waals surface area contributed by atoms with Crippen LogP contribution in [-0.2, 0) is 9.53 Å². The van der Waals surface area contributed by atoms with Crippen LogP contribution in [0.3, 0.4) is 0 Å². The zero-order valence-electron chi connectivity index (χ0n) is 21.5. The Morgan fingerprint density at radius 2 is 0.906 bits per heavy atom. The highest BCUT2D eigenvalue weighted by Gasteiger charge is 2.05. The molecule has 2 N–H and O–H groups in total. The van der Waals surface area contributed by atoms with Crippen LogP contribution in [0.2, 0.25) is 0 Å². The molecule has 1 unspecified atom stereocenters. The van der Waals surface area contributed by atoms with Gasteiger partial charge < -0.3 is 14.9 Å². The summed E-state index contributed by atoms with van der Waals surface area (Å²) < 4.78 is 4.91. The van der Waals surface area contributed by atoms with E-state index in [1.807, 2.05) is 0 Å². The molecular weight excluding hydrogens is 400 g/mol. The quantitative estimate of drug-likeness (QED) is 0.122. The summed E-state index contributed by atoms with van der Waals surface area (Å²) in [5.41, 5.74) is 0. The van der Waals surface area contributed by atoms with Gasteiger partial charge in [-0.25, -0.2) is 4.79 Å². The minimum Gasteiger partial charge on any atom is -0.480 e. The van der Waals surface area contributed by atoms with E-state index in [9.17, 15) is 9.90 Å². The minimum atomic E-state index is -0.985. The second-order valence-electron chi connectivity index (χ2n) is 9.78. The summed E-state index contributed by atoms with van der Waals surface area (Å²) in [5, 5.41) is 18.2. The molecule has 0 bridgehead atoms. The van der Waals surface area contributed by atoms with Crippen LogP contribution in [0.5, 0.6) is 0 Å². The molecule has 1 atom stereocenters. The summed E-state index contributed by atoms with van der Waals surface area (Å²) >= 11 is 0. The highest BCUT2D eigenvalue weighted by atomic mass is 16.5. The normalized spacial score (nSPS) is 12.3. The van der Waals surface area contributed by atoms with E-state index in [1.54, 1.807) is 0 Å². The van der Waals surface area contributed by atoms with Crippen LogP contribution in [0.4, 0.5) is 0 Å². The van der Waals surface area contributed by atoms with Gasteiger partial charge in [-0.05, 0) is 6.42 Å². The molecule has 0 amide bonds. The molecule has 0 aromatic rings. The fourth-order valence-electron chi connectivity index (χ4n) is 4.35. The number of carboxylic acids is 1. The Morgan fingerprint density at radius 1 is 0.594 bits per heavy atom. The molecule has 0 aromatic heterocycles. The summed E-state index contributed by atoms with van der Waals surface area (Å²) in [7, 11) is 0. The predicted octanol–water partition coefficient (Wildman–Crippen LogP) is 8.44. The Balaban J connectivity index is 3.08. The number of aliphatic hydroxyl groups excluding tert-OH is 1. The van der Waals surface area contributed by atoms with Gasteiger partial charge in [0.15, 0.2) is 0 Å². The van der Waals surface area contributed by atoms with Gasteiger partial charge in [-0.15, -0.1) is 0 Å². The monoisotopic (exact) mass is 456 g/mol. The van der Waals surface area contributed by atoms with E-state index in [0.29, 0.717) is 6.42 Å². The Bertz CT molecular complexity index is 372. The number of rotatable bonds is 27. The first kappa shape index (κ1) is 31.4. The van der Waals surface area contributed by atoms with Gasteiger partial charge in [0.05, 0.1) is 12.7 Å². The van der Waals surface area contributed by atoms with Gasteiger partial charge in [0, 0.05) is 0 Å². The van der Waals surface area contributed by atoms with Crippen LogP contribution >= 0.6 is 0 Å². The van der Waals surface area contributed by atoms with Gasteiger partial charge in [-0.2, -0.15) is 0 Å². The second kappa shape index (κ2) is 26.6. The van der Waals surface area contributed by atoms with E-state index >= 15 is 0 Å². The van der Waals surface area contributed by atoms with E-state index in [0.717, 1.165) is 12.8 Å². The Kier molecular flexibility index (Phi) is 26.1. The molecule has 4 heteroatoms. The maximum Gasteiger partial charge on any atom is 0.329 e. The topological polar surface area (TPSA) is 66.8 Å². The third kappa shape index (κ3) is 27.4. The van der Waals surface area contributed by atoms with Gasteiger partial charge in [-0.3, -0.25) is 0 Å². The van der Waals surface area contributed by atoms with Crippen molar-refractivity contribution in [2.75, 3.05) is 13.2 Å². The van der Waals surface area contributed by atoms with E-state index in [2.05, 4.69) is 6.92 Å². The van der Waals surface area contributed by atoms with Crippen LogP contribution in [-0.4, -0.2) is 35.5 Å². The Hall–Kier alpha value is -0.610. The van der Waals surface area contributed by atoms with E-state index < -0.39 is 12.1 Å². The molecular formula is C28H56O4. The summed E-state index contributed by atoms with van der Waals surface area (Å²) in [6.07, 6.45) is 30.5. The van der Waals surface area contributed by atoms with Gasteiger partial charge in [0.25, 0.3) is 0 Å². The molecule has 0 aliphatic carbocycles. The van der Waals surface area contributed by atoms with Crippen molar-refractivity contribution in [1.29, 1.82) is 0 Å². The lowest BCUT2D eigenvalue weighted by Crippen LogP contribution is -2.18. The first-order chi connectivity index (χ1) is 15.7. The molecule has 192 valence electrons. The summed E-state index contributed by atoms with van der Waals surface area (Å²) in [4.78, 5) is 10.3.